The van der Waals surface area contributed by atoms with E-state index in [2.05, 4.69) is 16.0 Å². The molecule has 1 aromatic carbocycles. The Labute approximate surface area is 203 Å². The molecule has 12 nitrogen and oxygen atoms in total. The number of amides is 6. The van der Waals surface area contributed by atoms with Gasteiger partial charge in [0.25, 0.3) is 5.91 Å². The number of rotatable bonds is 5. The summed E-state index contributed by atoms with van der Waals surface area (Å²) in [6, 6.07) is 5.20. The summed E-state index contributed by atoms with van der Waals surface area (Å²) in [6.45, 7) is 4.11. The molecule has 2 aliphatic rings. The Morgan fingerprint density at radius 1 is 1.11 bits per heavy atom. The zero-order valence-electron chi connectivity index (χ0n) is 20.0. The fourth-order valence-electron chi connectivity index (χ4n) is 3.83. The minimum atomic E-state index is -1.18. The smallest absolute Gasteiger partial charge is 0.317 e. The van der Waals surface area contributed by atoms with Crippen molar-refractivity contribution in [3.63, 3.8) is 0 Å². The molecule has 6 amide bonds. The number of urea groups is 1. The van der Waals surface area contributed by atoms with E-state index in [0.717, 1.165) is 0 Å². The minimum absolute atomic E-state index is 0.157. The normalized spacial score (nSPS) is 19.9. The van der Waals surface area contributed by atoms with Crippen LogP contribution in [0.3, 0.4) is 0 Å². The van der Waals surface area contributed by atoms with E-state index in [1.807, 2.05) is 6.92 Å². The third-order valence-corrected chi connectivity index (χ3v) is 5.91. The highest BCUT2D eigenvalue weighted by atomic mass is 16.5. The van der Waals surface area contributed by atoms with Gasteiger partial charge in [0.1, 0.15) is 18.4 Å². The molecular weight excluding hydrogens is 456 g/mol. The van der Waals surface area contributed by atoms with Gasteiger partial charge in [0.15, 0.2) is 0 Å². The van der Waals surface area contributed by atoms with Crippen LogP contribution < -0.4 is 20.7 Å². The lowest BCUT2D eigenvalue weighted by atomic mass is 10.1. The molecule has 0 aliphatic carbocycles. The first-order valence-electron chi connectivity index (χ1n) is 11.6. The average molecular weight is 489 g/mol. The molecule has 3 N–H and O–H groups in total. The Bertz CT molecular complexity index is 970. The molecule has 0 spiro atoms. The molecule has 12 heteroatoms. The van der Waals surface area contributed by atoms with Crippen molar-refractivity contribution in [1.29, 1.82) is 0 Å². The monoisotopic (exact) mass is 488 g/mol. The number of benzene rings is 1. The van der Waals surface area contributed by atoms with Crippen LogP contribution in [0.15, 0.2) is 24.3 Å². The van der Waals surface area contributed by atoms with Crippen LogP contribution in [0.5, 0.6) is 5.75 Å². The van der Waals surface area contributed by atoms with Crippen molar-refractivity contribution < 1.29 is 28.7 Å². The fraction of sp³-hybridized carbons (Fsp3) is 0.522. The molecule has 1 saturated heterocycles. The van der Waals surface area contributed by atoms with Crippen LogP contribution in [-0.2, 0) is 14.4 Å². The van der Waals surface area contributed by atoms with E-state index in [-0.39, 0.29) is 43.6 Å². The lowest BCUT2D eigenvalue weighted by molar-refractivity contribution is -0.140. The lowest BCUT2D eigenvalue weighted by Gasteiger charge is -2.27. The second kappa shape index (κ2) is 12.0. The van der Waals surface area contributed by atoms with E-state index in [1.165, 1.54) is 11.9 Å². The highest BCUT2D eigenvalue weighted by Crippen LogP contribution is 2.18. The maximum atomic E-state index is 13.1. The molecule has 0 unspecified atom stereocenters. The molecule has 0 radical (unpaired) electrons. The van der Waals surface area contributed by atoms with Crippen molar-refractivity contribution >= 4 is 29.7 Å². The van der Waals surface area contributed by atoms with E-state index in [0.29, 0.717) is 38.5 Å². The Morgan fingerprint density at radius 3 is 2.60 bits per heavy atom. The highest BCUT2D eigenvalue weighted by molar-refractivity contribution is 6.01. The summed E-state index contributed by atoms with van der Waals surface area (Å²) in [4.78, 5) is 67.6. The van der Waals surface area contributed by atoms with Crippen LogP contribution in [0.25, 0.3) is 0 Å². The second-order valence-corrected chi connectivity index (χ2v) is 8.31. The van der Waals surface area contributed by atoms with Crippen molar-refractivity contribution in [3.05, 3.63) is 29.8 Å². The van der Waals surface area contributed by atoms with Crippen LogP contribution in [-0.4, -0.2) is 110 Å². The van der Waals surface area contributed by atoms with Crippen molar-refractivity contribution in [2.75, 3.05) is 59.5 Å². The topological polar surface area (TPSA) is 140 Å². The zero-order valence-corrected chi connectivity index (χ0v) is 20.0. The molecule has 0 saturated carbocycles. The molecule has 0 bridgehead atoms. The van der Waals surface area contributed by atoms with Gasteiger partial charge < -0.3 is 35.4 Å². The van der Waals surface area contributed by atoms with E-state index in [1.54, 1.807) is 34.1 Å². The molecular formula is C23H32N6O6. The zero-order chi connectivity index (χ0) is 25.4. The number of carbonyl (C=O) groups excluding carboxylic acids is 5. The van der Waals surface area contributed by atoms with E-state index in [4.69, 9.17) is 4.74 Å². The number of carbonyl (C=O) groups is 5. The number of ether oxygens (including phenoxy) is 1. The highest BCUT2D eigenvalue weighted by Gasteiger charge is 2.29. The van der Waals surface area contributed by atoms with Gasteiger partial charge in [-0.3, -0.25) is 19.2 Å². The molecule has 1 fully saturated rings. The van der Waals surface area contributed by atoms with E-state index in [9.17, 15) is 24.0 Å². The summed E-state index contributed by atoms with van der Waals surface area (Å²) in [6.07, 6.45) is -0.333. The van der Waals surface area contributed by atoms with Crippen molar-refractivity contribution in [1.82, 2.24) is 30.7 Å². The third kappa shape index (κ3) is 6.84. The van der Waals surface area contributed by atoms with Gasteiger partial charge in [-0.1, -0.05) is 12.1 Å². The fourth-order valence-corrected chi connectivity index (χ4v) is 3.83. The van der Waals surface area contributed by atoms with Crippen molar-refractivity contribution in [2.24, 2.45) is 0 Å². The number of nitrogens with zero attached hydrogens (tertiary/aromatic N) is 3. The largest absolute Gasteiger partial charge is 0.491 e. The van der Waals surface area contributed by atoms with Crippen LogP contribution in [0.2, 0.25) is 0 Å². The molecule has 0 aromatic heterocycles. The number of fused-ring (bicyclic) bond motifs is 1. The number of para-hydroxylation sites is 1. The first-order valence-corrected chi connectivity index (χ1v) is 11.6. The summed E-state index contributed by atoms with van der Waals surface area (Å²) in [5, 5.41) is 8.00. The summed E-state index contributed by atoms with van der Waals surface area (Å²) in [5.41, 5.74) is 0.214. The predicted octanol–water partition coefficient (Wildman–Crippen LogP) is -0.984. The molecule has 1 atom stereocenters. The van der Waals surface area contributed by atoms with Crippen LogP contribution in [0.1, 0.15) is 23.7 Å². The number of hydrogen-bond acceptors (Lipinski definition) is 6. The third-order valence-electron chi connectivity index (χ3n) is 5.91. The lowest BCUT2D eigenvalue weighted by Crippen LogP contribution is -2.51. The number of nitrogens with one attached hydrogen (secondary N) is 3. The van der Waals surface area contributed by atoms with Crippen LogP contribution in [0.4, 0.5) is 4.79 Å². The molecule has 2 aliphatic heterocycles. The Hall–Kier alpha value is -3.83. The predicted molar refractivity (Wildman–Crippen MR) is 126 cm³/mol. The molecule has 3 rings (SSSR count). The average Bonchev–Trinajstić information content (AvgIpc) is 3.25. The van der Waals surface area contributed by atoms with Gasteiger partial charge in [-0.15, -0.1) is 0 Å². The summed E-state index contributed by atoms with van der Waals surface area (Å²) >= 11 is 0. The maximum absolute atomic E-state index is 13.1. The molecule has 2 heterocycles. The first-order chi connectivity index (χ1) is 16.8. The van der Waals surface area contributed by atoms with Gasteiger partial charge in [0.05, 0.1) is 25.1 Å². The number of hydrogen-bond donors (Lipinski definition) is 3. The Balaban J connectivity index is 1.78. The standard InChI is InChI=1S/C23H32N6O6/c1-3-28-12-13-35-18-7-5-4-6-16(18)21(32)26-17(14-19(30)27(2)15-20(28)31)22(33)24-8-10-29-11-9-25-23(29)34/h4-7,17H,3,8-15H2,1-2H3,(H,24,33)(H,25,34)(H,26,32)/t17-/m0/s1. The quantitative estimate of drug-likeness (QED) is 0.487. The first kappa shape index (κ1) is 25.8. The Kier molecular flexibility index (Phi) is 8.87. The summed E-state index contributed by atoms with van der Waals surface area (Å²) in [5.74, 6) is -1.52. The molecule has 35 heavy (non-hydrogen) atoms. The SMILES string of the molecule is CCN1CCOc2ccccc2C(=O)N[C@H](C(=O)NCCN2CCNC2=O)CC(=O)N(C)CC1=O. The van der Waals surface area contributed by atoms with Crippen LogP contribution >= 0.6 is 0 Å². The van der Waals surface area contributed by atoms with Gasteiger partial charge in [0, 0.05) is 39.8 Å². The van der Waals surface area contributed by atoms with Gasteiger partial charge in [-0.05, 0) is 19.1 Å². The number of likely N-dealkylation sites (N-methyl/N-ethyl adjacent to an activating group) is 2. The minimum Gasteiger partial charge on any atom is -0.491 e. The molecule has 190 valence electrons. The van der Waals surface area contributed by atoms with Crippen LogP contribution in [0, 0.1) is 0 Å². The maximum Gasteiger partial charge on any atom is 0.317 e. The van der Waals surface area contributed by atoms with Gasteiger partial charge in [0.2, 0.25) is 17.7 Å². The van der Waals surface area contributed by atoms with Crippen molar-refractivity contribution in [3.8, 4) is 5.75 Å². The van der Waals surface area contributed by atoms with Gasteiger partial charge in [-0.2, -0.15) is 0 Å². The van der Waals surface area contributed by atoms with E-state index >= 15 is 0 Å². The molecule has 1 aromatic rings. The van der Waals surface area contributed by atoms with Gasteiger partial charge in [-0.25, -0.2) is 4.79 Å². The summed E-state index contributed by atoms with van der Waals surface area (Å²) < 4.78 is 5.78. The van der Waals surface area contributed by atoms with Crippen molar-refractivity contribution in [2.45, 2.75) is 19.4 Å². The Morgan fingerprint density at radius 2 is 1.89 bits per heavy atom. The summed E-state index contributed by atoms with van der Waals surface area (Å²) in [7, 11) is 1.48. The van der Waals surface area contributed by atoms with Gasteiger partial charge >= 0.3 is 6.03 Å². The second-order valence-electron chi connectivity index (χ2n) is 8.31. The van der Waals surface area contributed by atoms with E-state index < -0.39 is 23.8 Å².